The highest BCUT2D eigenvalue weighted by Crippen LogP contribution is 2.37. The number of ether oxygens (including phenoxy) is 10. The number of carbonyl (C=O) groups excluding carboxylic acids is 2. The van der Waals surface area contributed by atoms with Crippen LogP contribution >= 0.6 is 0 Å². The van der Waals surface area contributed by atoms with Crippen molar-refractivity contribution < 1.29 is 67.2 Å². The quantitative estimate of drug-likeness (QED) is 0.0750. The molecule has 0 amide bonds. The van der Waals surface area contributed by atoms with Gasteiger partial charge >= 0.3 is 11.9 Å². The molecule has 3 aliphatic heterocycles. The summed E-state index contributed by atoms with van der Waals surface area (Å²) in [6.07, 6.45) is -10.3. The van der Waals surface area contributed by atoms with Gasteiger partial charge in [0, 0.05) is 5.92 Å². The summed E-state index contributed by atoms with van der Waals surface area (Å²) in [7, 11) is 0. The third-order valence-electron chi connectivity index (χ3n) is 12.8. The van der Waals surface area contributed by atoms with E-state index < -0.39 is 104 Å². The van der Waals surface area contributed by atoms with Crippen molar-refractivity contribution in [2.45, 2.75) is 120 Å². The van der Waals surface area contributed by atoms with Gasteiger partial charge in [-0.2, -0.15) is 0 Å². The Labute approximate surface area is 403 Å². The van der Waals surface area contributed by atoms with E-state index in [2.05, 4.69) is 0 Å². The van der Waals surface area contributed by atoms with Crippen LogP contribution in [0.4, 0.5) is 0 Å². The minimum atomic E-state index is -2.04. The first-order valence-electron chi connectivity index (χ1n) is 23.6. The lowest BCUT2D eigenvalue weighted by Gasteiger charge is -2.46. The standard InChI is InChI=1S/C55H62O14/c1-4-43-36(2)45(67-51(57)41-26-16-8-17-27-41)49(68-52(58)42-28-18-9-19-29-42)53(66-43)63-34-55(59)35-64-54(50(55)56)69-46-37(3)65-44(33-60-30-38-20-10-5-11-21-38)47(61-31-39-22-12-6-13-23-39)48(46)62-32-40-24-14-7-15-25-40/h5-29,36-37,43-50,53-54,56,59H,4,30-35H2,1-3H3/t36-,37+,43-,44-,45+,46+,47-,48-,49-,50+,53-,54+,55-/m1/s1. The molecule has 0 aliphatic carbocycles. The molecule has 3 saturated heterocycles. The lowest BCUT2D eigenvalue weighted by atomic mass is 9.88. The summed E-state index contributed by atoms with van der Waals surface area (Å²) >= 11 is 0. The second kappa shape index (κ2) is 24.0. The Hall–Kier alpha value is -5.36. The molecule has 0 saturated carbocycles. The van der Waals surface area contributed by atoms with Crippen LogP contribution in [0.25, 0.3) is 0 Å². The number of aliphatic hydroxyl groups excluding tert-OH is 1. The number of hydrogen-bond acceptors (Lipinski definition) is 14. The molecule has 3 heterocycles. The van der Waals surface area contributed by atoms with Crippen molar-refractivity contribution in [3.63, 3.8) is 0 Å². The number of carbonyl (C=O) groups is 2. The third kappa shape index (κ3) is 12.7. The predicted octanol–water partition coefficient (Wildman–Crippen LogP) is 7.23. The molecule has 14 heteroatoms. The fourth-order valence-electron chi connectivity index (χ4n) is 8.96. The average Bonchev–Trinajstić information content (AvgIpc) is 3.67. The van der Waals surface area contributed by atoms with Crippen LogP contribution in [-0.2, 0) is 67.2 Å². The van der Waals surface area contributed by atoms with Crippen LogP contribution in [0.5, 0.6) is 0 Å². The number of benzene rings is 5. The second-order valence-corrected chi connectivity index (χ2v) is 17.8. The second-order valence-electron chi connectivity index (χ2n) is 17.8. The molecule has 0 spiro atoms. The van der Waals surface area contributed by atoms with E-state index in [1.165, 1.54) is 0 Å². The van der Waals surface area contributed by atoms with Gasteiger partial charge in [-0.05, 0) is 54.3 Å². The monoisotopic (exact) mass is 946 g/mol. The van der Waals surface area contributed by atoms with Gasteiger partial charge in [0.05, 0.1) is 63.0 Å². The van der Waals surface area contributed by atoms with Gasteiger partial charge in [0.2, 0.25) is 0 Å². The molecular formula is C55H62O14. The van der Waals surface area contributed by atoms with Crippen LogP contribution in [-0.4, -0.2) is 115 Å². The molecule has 2 N–H and O–H groups in total. The summed E-state index contributed by atoms with van der Waals surface area (Å²) in [6.45, 7) is 5.67. The first kappa shape index (κ1) is 50.0. The van der Waals surface area contributed by atoms with E-state index in [1.54, 1.807) is 60.7 Å². The molecule has 5 aromatic carbocycles. The minimum absolute atomic E-state index is 0.186. The van der Waals surface area contributed by atoms with Crippen LogP contribution in [0.2, 0.25) is 0 Å². The molecule has 366 valence electrons. The lowest BCUT2D eigenvalue weighted by Crippen LogP contribution is -2.62. The topological polar surface area (TPSA) is 167 Å². The molecule has 3 fully saturated rings. The van der Waals surface area contributed by atoms with E-state index in [-0.39, 0.29) is 25.4 Å². The normalized spacial score (nSPS) is 30.1. The summed E-state index contributed by atoms with van der Waals surface area (Å²) in [6, 6.07) is 46.2. The Balaban J connectivity index is 1.01. The molecular weight excluding hydrogens is 885 g/mol. The summed E-state index contributed by atoms with van der Waals surface area (Å²) in [4.78, 5) is 27.2. The number of esters is 2. The highest BCUT2D eigenvalue weighted by molar-refractivity contribution is 5.90. The summed E-state index contributed by atoms with van der Waals surface area (Å²) < 4.78 is 63.9. The van der Waals surface area contributed by atoms with Gasteiger partial charge in [-0.3, -0.25) is 0 Å². The van der Waals surface area contributed by atoms with E-state index >= 15 is 0 Å². The SMILES string of the molecule is CC[C@H]1O[C@@H](OC[C@@]2(O)CO[C@@H](O[C@@H]3[C@@H](OCc4ccccc4)[C@H](OCc4ccccc4)[C@@H](COCc4ccccc4)O[C@H]3C)[C@@H]2O)[C@H](OC(=O)c2ccccc2)[C@@H](OC(=O)c2ccccc2)[C@@H]1C. The summed E-state index contributed by atoms with van der Waals surface area (Å²) in [5, 5.41) is 24.1. The van der Waals surface area contributed by atoms with Gasteiger partial charge in [-0.1, -0.05) is 141 Å². The third-order valence-corrected chi connectivity index (χ3v) is 12.8. The van der Waals surface area contributed by atoms with Gasteiger partial charge in [-0.25, -0.2) is 9.59 Å². The molecule has 14 nitrogen and oxygen atoms in total. The highest BCUT2D eigenvalue weighted by atomic mass is 16.7. The van der Waals surface area contributed by atoms with E-state index in [1.807, 2.05) is 112 Å². The Morgan fingerprint density at radius 2 is 1.07 bits per heavy atom. The molecule has 69 heavy (non-hydrogen) atoms. The zero-order valence-electron chi connectivity index (χ0n) is 39.1. The Morgan fingerprint density at radius 1 is 0.580 bits per heavy atom. The molecule has 13 atom stereocenters. The molecule has 0 radical (unpaired) electrons. The van der Waals surface area contributed by atoms with Gasteiger partial charge in [0.15, 0.2) is 18.7 Å². The number of rotatable bonds is 20. The number of hydrogen-bond donors (Lipinski definition) is 2. The zero-order valence-corrected chi connectivity index (χ0v) is 39.1. The smallest absolute Gasteiger partial charge is 0.338 e. The van der Waals surface area contributed by atoms with Gasteiger partial charge in [0.25, 0.3) is 0 Å². The fourth-order valence-corrected chi connectivity index (χ4v) is 8.96. The summed E-state index contributed by atoms with van der Waals surface area (Å²) in [5.41, 5.74) is 1.41. The maximum absolute atomic E-state index is 13.6. The Kier molecular flexibility index (Phi) is 17.4. The van der Waals surface area contributed by atoms with E-state index in [9.17, 15) is 19.8 Å². The fraction of sp³-hybridized carbons (Fsp3) is 0.418. The molecule has 5 aromatic rings. The molecule has 8 rings (SSSR count). The number of aliphatic hydroxyl groups is 2. The summed E-state index contributed by atoms with van der Waals surface area (Å²) in [5.74, 6) is -1.75. The largest absolute Gasteiger partial charge is 0.454 e. The molecule has 0 aromatic heterocycles. The van der Waals surface area contributed by atoms with E-state index in [4.69, 9.17) is 47.4 Å². The highest BCUT2D eigenvalue weighted by Gasteiger charge is 2.55. The van der Waals surface area contributed by atoms with Crippen LogP contribution in [0, 0.1) is 5.92 Å². The van der Waals surface area contributed by atoms with Crippen LogP contribution < -0.4 is 0 Å². The van der Waals surface area contributed by atoms with Crippen molar-refractivity contribution in [2.75, 3.05) is 19.8 Å². The van der Waals surface area contributed by atoms with Crippen molar-refractivity contribution in [3.05, 3.63) is 179 Å². The van der Waals surface area contributed by atoms with E-state index in [0.29, 0.717) is 18.6 Å². The van der Waals surface area contributed by atoms with Gasteiger partial charge < -0.3 is 57.6 Å². The maximum atomic E-state index is 13.6. The van der Waals surface area contributed by atoms with Gasteiger partial charge in [0.1, 0.15) is 42.2 Å². The predicted molar refractivity (Wildman–Crippen MR) is 251 cm³/mol. The molecule has 0 bridgehead atoms. The maximum Gasteiger partial charge on any atom is 0.338 e. The first-order valence-corrected chi connectivity index (χ1v) is 23.6. The van der Waals surface area contributed by atoms with Crippen molar-refractivity contribution in [1.82, 2.24) is 0 Å². The molecule has 3 aliphatic rings. The first-order chi connectivity index (χ1) is 33.6. The Morgan fingerprint density at radius 3 is 1.61 bits per heavy atom. The van der Waals surface area contributed by atoms with Crippen molar-refractivity contribution >= 4 is 11.9 Å². The van der Waals surface area contributed by atoms with Crippen molar-refractivity contribution in [3.8, 4) is 0 Å². The van der Waals surface area contributed by atoms with Gasteiger partial charge in [-0.15, -0.1) is 0 Å². The van der Waals surface area contributed by atoms with Crippen LogP contribution in [0.1, 0.15) is 64.6 Å². The average molecular weight is 947 g/mol. The van der Waals surface area contributed by atoms with Crippen LogP contribution in [0.3, 0.4) is 0 Å². The minimum Gasteiger partial charge on any atom is -0.454 e. The van der Waals surface area contributed by atoms with Crippen LogP contribution in [0.15, 0.2) is 152 Å². The lowest BCUT2D eigenvalue weighted by molar-refractivity contribution is -0.303. The van der Waals surface area contributed by atoms with E-state index in [0.717, 1.165) is 16.7 Å². The Bertz CT molecular complexity index is 2330. The van der Waals surface area contributed by atoms with Crippen molar-refractivity contribution in [2.24, 2.45) is 5.92 Å². The molecule has 0 unspecified atom stereocenters. The zero-order chi connectivity index (χ0) is 48.2. The van der Waals surface area contributed by atoms with Crippen molar-refractivity contribution in [1.29, 1.82) is 0 Å².